The van der Waals surface area contributed by atoms with Crippen LogP contribution in [0.15, 0.2) is 30.4 Å². The monoisotopic (exact) mass is 643 g/mol. The van der Waals surface area contributed by atoms with E-state index in [0.29, 0.717) is 0 Å². The van der Waals surface area contributed by atoms with Gasteiger partial charge in [0.1, 0.15) is 6.04 Å². The van der Waals surface area contributed by atoms with Crippen LogP contribution in [0.5, 0.6) is 0 Å². The van der Waals surface area contributed by atoms with Crippen LogP contribution < -0.4 is 10.6 Å². The first-order chi connectivity index (χ1) is 22.4. The van der Waals surface area contributed by atoms with E-state index in [4.69, 9.17) is 0 Å². The molecular weight excluding hydrogens is 572 g/mol. The number of aliphatic carboxylic acids is 2. The van der Waals surface area contributed by atoms with Crippen molar-refractivity contribution in [3.05, 3.63) is 41.5 Å². The normalized spacial score (nSPS) is 12.8. The van der Waals surface area contributed by atoms with Crippen molar-refractivity contribution >= 4 is 17.6 Å². The Kier molecular flexibility index (Phi) is 26.1. The molecule has 6 nitrogen and oxygen atoms in total. The van der Waals surface area contributed by atoms with Gasteiger partial charge in [-0.15, -0.1) is 0 Å². The van der Waals surface area contributed by atoms with Gasteiger partial charge < -0.3 is 20.8 Å². The second kappa shape index (κ2) is 28.8. The van der Waals surface area contributed by atoms with Gasteiger partial charge in [-0.3, -0.25) is 4.79 Å². The number of aryl methyl sites for hydroxylation is 1. The highest BCUT2D eigenvalue weighted by molar-refractivity contribution is 5.83. The van der Waals surface area contributed by atoms with E-state index in [9.17, 15) is 19.8 Å². The van der Waals surface area contributed by atoms with Gasteiger partial charge in [0.15, 0.2) is 0 Å². The van der Waals surface area contributed by atoms with Crippen LogP contribution in [0, 0.1) is 0 Å². The van der Waals surface area contributed by atoms with Crippen molar-refractivity contribution in [2.24, 2.45) is 0 Å². The maximum Gasteiger partial charge on any atom is 0.326 e. The van der Waals surface area contributed by atoms with E-state index in [1.807, 2.05) is 6.07 Å². The molecule has 1 rings (SSSR count). The molecule has 0 aliphatic carbocycles. The van der Waals surface area contributed by atoms with Gasteiger partial charge in [0.25, 0.3) is 0 Å². The maximum absolute atomic E-state index is 11.8. The van der Waals surface area contributed by atoms with E-state index >= 15 is 0 Å². The maximum atomic E-state index is 11.8. The SMILES string of the molecule is CCCCCCCCC=CCCCCCCCCNC(C)Cc1cc(CCCCCCCCC)ccc1N[C@@H](CC(=O)O)C(=O)O. The second-order valence-electron chi connectivity index (χ2n) is 13.5. The molecule has 0 spiro atoms. The lowest BCUT2D eigenvalue weighted by Gasteiger charge is -2.21. The van der Waals surface area contributed by atoms with Crippen molar-refractivity contribution in [2.45, 2.75) is 187 Å². The summed E-state index contributed by atoms with van der Waals surface area (Å²) in [6.07, 6.45) is 33.3. The molecule has 0 fully saturated rings. The highest BCUT2D eigenvalue weighted by Crippen LogP contribution is 2.23. The van der Waals surface area contributed by atoms with Gasteiger partial charge in [-0.1, -0.05) is 134 Å². The number of rotatable bonds is 32. The van der Waals surface area contributed by atoms with Crippen LogP contribution >= 0.6 is 0 Å². The molecule has 0 saturated carbocycles. The lowest BCUT2D eigenvalue weighted by Crippen LogP contribution is -2.33. The number of allylic oxidation sites excluding steroid dienone is 2. The average molecular weight is 643 g/mol. The number of unbranched alkanes of at least 4 members (excludes halogenated alkanes) is 18. The molecule has 0 heterocycles. The first kappa shape index (κ1) is 41.7. The molecule has 0 aliphatic rings. The number of hydrogen-bond donors (Lipinski definition) is 4. The van der Waals surface area contributed by atoms with Gasteiger partial charge in [-0.25, -0.2) is 4.79 Å². The summed E-state index contributed by atoms with van der Waals surface area (Å²) in [7, 11) is 0. The standard InChI is InChI=1S/C40H70N2O4/c1-4-6-8-10-12-13-14-15-16-17-18-19-20-22-24-26-30-41-34(3)31-36-32-35(27-25-23-21-11-9-7-5-2)28-29-37(36)42-38(40(45)46)33-39(43)44/h15-16,28-29,32,34,38,41-42H,4-14,17-27,30-31,33H2,1-3H3,(H,43,44)(H,45,46)/t34?,38-/m0/s1. The van der Waals surface area contributed by atoms with Crippen molar-refractivity contribution in [3.8, 4) is 0 Å². The molecule has 264 valence electrons. The summed E-state index contributed by atoms with van der Waals surface area (Å²) < 4.78 is 0. The van der Waals surface area contributed by atoms with Crippen LogP contribution in [0.3, 0.4) is 0 Å². The molecule has 0 amide bonds. The van der Waals surface area contributed by atoms with Crippen LogP contribution in [-0.4, -0.2) is 40.8 Å². The summed E-state index contributed by atoms with van der Waals surface area (Å²) in [4.78, 5) is 23.0. The van der Waals surface area contributed by atoms with Crippen LogP contribution in [-0.2, 0) is 22.4 Å². The van der Waals surface area contributed by atoms with Gasteiger partial charge in [0, 0.05) is 11.7 Å². The minimum Gasteiger partial charge on any atom is -0.481 e. The summed E-state index contributed by atoms with van der Waals surface area (Å²) in [6, 6.07) is 5.28. The lowest BCUT2D eigenvalue weighted by atomic mass is 9.98. The van der Waals surface area contributed by atoms with Crippen molar-refractivity contribution in [1.29, 1.82) is 0 Å². The summed E-state index contributed by atoms with van der Waals surface area (Å²) >= 11 is 0. The summed E-state index contributed by atoms with van der Waals surface area (Å²) in [5, 5.41) is 25.5. The minimum absolute atomic E-state index is 0.236. The number of carboxylic acids is 2. The van der Waals surface area contributed by atoms with Crippen molar-refractivity contribution in [1.82, 2.24) is 5.32 Å². The van der Waals surface area contributed by atoms with Crippen molar-refractivity contribution in [3.63, 3.8) is 0 Å². The first-order valence-corrected chi connectivity index (χ1v) is 19.1. The first-order valence-electron chi connectivity index (χ1n) is 19.1. The fraction of sp³-hybridized carbons (Fsp3) is 0.750. The van der Waals surface area contributed by atoms with Gasteiger partial charge in [-0.2, -0.15) is 0 Å². The molecule has 0 saturated heterocycles. The largest absolute Gasteiger partial charge is 0.481 e. The Morgan fingerprint density at radius 2 is 1.24 bits per heavy atom. The van der Waals surface area contributed by atoms with E-state index in [1.54, 1.807) is 0 Å². The van der Waals surface area contributed by atoms with Gasteiger partial charge in [0.2, 0.25) is 0 Å². The Morgan fingerprint density at radius 1 is 0.717 bits per heavy atom. The summed E-state index contributed by atoms with van der Waals surface area (Å²) in [5.74, 6) is -2.27. The Morgan fingerprint density at radius 3 is 1.78 bits per heavy atom. The van der Waals surface area contributed by atoms with Crippen LogP contribution in [0.1, 0.15) is 173 Å². The van der Waals surface area contributed by atoms with Crippen molar-refractivity contribution < 1.29 is 19.8 Å². The number of carboxylic acid groups (broad SMARTS) is 2. The Balaban J connectivity index is 2.41. The Bertz CT molecular complexity index is 932. The van der Waals surface area contributed by atoms with Crippen molar-refractivity contribution in [2.75, 3.05) is 11.9 Å². The topological polar surface area (TPSA) is 98.7 Å². The molecule has 4 N–H and O–H groups in total. The molecule has 2 atom stereocenters. The number of nitrogens with one attached hydrogen (secondary N) is 2. The molecule has 6 heteroatoms. The third-order valence-corrected chi connectivity index (χ3v) is 8.95. The predicted molar refractivity (Wildman–Crippen MR) is 196 cm³/mol. The number of carbonyl (C=O) groups is 2. The van der Waals surface area contributed by atoms with Crippen LogP contribution in [0.2, 0.25) is 0 Å². The fourth-order valence-corrected chi connectivity index (χ4v) is 6.08. The highest BCUT2D eigenvalue weighted by atomic mass is 16.4. The van der Waals surface area contributed by atoms with E-state index in [2.05, 4.69) is 55.7 Å². The molecule has 0 aromatic heterocycles. The third kappa shape index (κ3) is 23.1. The number of anilines is 1. The Hall–Kier alpha value is -2.34. The molecule has 1 aromatic rings. The molecule has 0 radical (unpaired) electrons. The highest BCUT2D eigenvalue weighted by Gasteiger charge is 2.22. The Labute approximate surface area is 282 Å². The quantitative estimate of drug-likeness (QED) is 0.0461. The third-order valence-electron chi connectivity index (χ3n) is 8.95. The van der Waals surface area contributed by atoms with E-state index in [-0.39, 0.29) is 6.04 Å². The lowest BCUT2D eigenvalue weighted by molar-refractivity contribution is -0.144. The zero-order valence-corrected chi connectivity index (χ0v) is 29.9. The fourth-order valence-electron chi connectivity index (χ4n) is 6.08. The average Bonchev–Trinajstić information content (AvgIpc) is 3.02. The number of benzene rings is 1. The summed E-state index contributed by atoms with van der Waals surface area (Å²) in [6.45, 7) is 7.66. The molecular formula is C40H70N2O4. The van der Waals surface area contributed by atoms with Gasteiger partial charge in [0.05, 0.1) is 6.42 Å². The predicted octanol–water partition coefficient (Wildman–Crippen LogP) is 10.9. The van der Waals surface area contributed by atoms with Gasteiger partial charge in [-0.05, 0) is 82.0 Å². The molecule has 1 aromatic carbocycles. The number of hydrogen-bond acceptors (Lipinski definition) is 4. The molecule has 1 unspecified atom stereocenters. The minimum atomic E-state index is -1.16. The van der Waals surface area contributed by atoms with Crippen LogP contribution in [0.4, 0.5) is 5.69 Å². The van der Waals surface area contributed by atoms with E-state index in [1.165, 1.54) is 128 Å². The summed E-state index contributed by atoms with van der Waals surface area (Å²) in [5.41, 5.74) is 3.04. The molecule has 46 heavy (non-hydrogen) atoms. The second-order valence-corrected chi connectivity index (χ2v) is 13.5. The van der Waals surface area contributed by atoms with E-state index < -0.39 is 24.4 Å². The zero-order chi connectivity index (χ0) is 33.7. The van der Waals surface area contributed by atoms with Gasteiger partial charge >= 0.3 is 11.9 Å². The zero-order valence-electron chi connectivity index (χ0n) is 29.9. The molecule has 0 bridgehead atoms. The molecule has 0 aliphatic heterocycles. The smallest absolute Gasteiger partial charge is 0.326 e. The van der Waals surface area contributed by atoms with E-state index in [0.717, 1.165) is 43.5 Å². The van der Waals surface area contributed by atoms with Crippen LogP contribution in [0.25, 0.3) is 0 Å².